The number of pyridine rings is 1. The van der Waals surface area contributed by atoms with Gasteiger partial charge in [0, 0.05) is 45.1 Å². The monoisotopic (exact) mass is 450 g/mol. The third kappa shape index (κ3) is 3.58. The number of rotatable bonds is 3. The smallest absolute Gasteiger partial charge is 0.252 e. The predicted molar refractivity (Wildman–Crippen MR) is 105 cm³/mol. The van der Waals surface area contributed by atoms with E-state index in [0.717, 1.165) is 6.07 Å². The number of halogens is 3. The number of anilines is 1. The largest absolute Gasteiger partial charge is 0.487 e. The van der Waals surface area contributed by atoms with Crippen molar-refractivity contribution >= 4 is 32.9 Å². The first-order valence-electron chi connectivity index (χ1n) is 8.82. The number of fused-ring (bicyclic) bond motifs is 1. The van der Waals surface area contributed by atoms with E-state index in [1.807, 2.05) is 0 Å². The fraction of sp³-hybridized carbons (Fsp3) is 0.316. The summed E-state index contributed by atoms with van der Waals surface area (Å²) in [5.74, 6) is -0.623. The van der Waals surface area contributed by atoms with Gasteiger partial charge in [0.15, 0.2) is 23.0 Å². The van der Waals surface area contributed by atoms with Crippen LogP contribution in [0.2, 0.25) is 0 Å². The second-order valence-corrected chi connectivity index (χ2v) is 7.41. The Bertz CT molecular complexity index is 1100. The quantitative estimate of drug-likeness (QED) is 0.611. The molecule has 2 aromatic heterocycles. The van der Waals surface area contributed by atoms with Crippen LogP contribution >= 0.6 is 15.9 Å². The molecule has 1 aliphatic rings. The van der Waals surface area contributed by atoms with Crippen LogP contribution in [0.1, 0.15) is 12.8 Å². The van der Waals surface area contributed by atoms with Crippen molar-refractivity contribution < 1.29 is 13.5 Å². The Morgan fingerprint density at radius 2 is 1.89 bits per heavy atom. The van der Waals surface area contributed by atoms with Crippen LogP contribution in [0.25, 0.3) is 11.2 Å². The number of aryl methyl sites for hydroxylation is 1. The molecule has 1 aliphatic heterocycles. The van der Waals surface area contributed by atoms with Gasteiger partial charge in [0.05, 0.1) is 0 Å². The third-order valence-electron chi connectivity index (χ3n) is 4.81. The first-order chi connectivity index (χ1) is 13.4. The summed E-state index contributed by atoms with van der Waals surface area (Å²) in [7, 11) is 1.66. The van der Waals surface area contributed by atoms with Crippen LogP contribution in [0, 0.1) is 11.6 Å². The number of benzene rings is 1. The number of ether oxygens (including phenoxy) is 1. The maximum absolute atomic E-state index is 13.8. The first kappa shape index (κ1) is 18.8. The second kappa shape index (κ2) is 7.46. The van der Waals surface area contributed by atoms with Crippen LogP contribution < -0.4 is 15.2 Å². The predicted octanol–water partition coefficient (Wildman–Crippen LogP) is 3.42. The fourth-order valence-corrected chi connectivity index (χ4v) is 3.80. The molecule has 0 amide bonds. The lowest BCUT2D eigenvalue weighted by Crippen LogP contribution is -2.39. The Hall–Kier alpha value is -2.55. The van der Waals surface area contributed by atoms with Crippen molar-refractivity contribution in [3.8, 4) is 5.75 Å². The average Bonchev–Trinajstić information content (AvgIpc) is 2.67. The van der Waals surface area contributed by atoms with E-state index in [9.17, 15) is 13.6 Å². The number of aromatic nitrogens is 3. The first-order valence-corrected chi connectivity index (χ1v) is 9.61. The number of hydrogen-bond donors (Lipinski definition) is 0. The molecule has 3 aromatic rings. The van der Waals surface area contributed by atoms with Crippen molar-refractivity contribution in [2.75, 3.05) is 18.0 Å². The van der Waals surface area contributed by atoms with Gasteiger partial charge in [-0.25, -0.2) is 18.7 Å². The highest BCUT2D eigenvalue weighted by Gasteiger charge is 2.25. The molecule has 0 N–H and O–H groups in total. The molecule has 1 aromatic carbocycles. The average molecular weight is 451 g/mol. The molecule has 28 heavy (non-hydrogen) atoms. The summed E-state index contributed by atoms with van der Waals surface area (Å²) in [6, 6.07) is 6.41. The summed E-state index contributed by atoms with van der Waals surface area (Å²) < 4.78 is 34.6. The van der Waals surface area contributed by atoms with E-state index in [2.05, 4.69) is 30.8 Å². The molecule has 1 saturated heterocycles. The van der Waals surface area contributed by atoms with Gasteiger partial charge in [-0.1, -0.05) is 0 Å². The van der Waals surface area contributed by atoms with E-state index in [1.165, 1.54) is 22.8 Å². The molecule has 4 rings (SSSR count). The Kier molecular flexibility index (Phi) is 5.01. The zero-order chi connectivity index (χ0) is 19.8. The van der Waals surface area contributed by atoms with E-state index in [4.69, 9.17) is 4.74 Å². The molecule has 1 fully saturated rings. The molecule has 0 aliphatic carbocycles. The summed E-state index contributed by atoms with van der Waals surface area (Å²) in [5.41, 5.74) is 0.990. The molecule has 146 valence electrons. The van der Waals surface area contributed by atoms with Crippen molar-refractivity contribution in [2.45, 2.75) is 18.9 Å². The SMILES string of the molecule is Cn1c(=O)ccc2nc(Br)c(N3CCC(Oc4ccc(F)cc4F)CC3)nc21. The van der Waals surface area contributed by atoms with Crippen molar-refractivity contribution in [2.24, 2.45) is 7.05 Å². The van der Waals surface area contributed by atoms with Gasteiger partial charge >= 0.3 is 0 Å². The summed E-state index contributed by atoms with van der Waals surface area (Å²) in [4.78, 5) is 23.0. The Balaban J connectivity index is 1.51. The molecule has 3 heterocycles. The molecule has 0 radical (unpaired) electrons. The van der Waals surface area contributed by atoms with E-state index in [1.54, 1.807) is 13.1 Å². The Morgan fingerprint density at radius 1 is 1.14 bits per heavy atom. The van der Waals surface area contributed by atoms with Crippen LogP contribution in [0.15, 0.2) is 39.7 Å². The highest BCUT2D eigenvalue weighted by Crippen LogP contribution is 2.29. The lowest BCUT2D eigenvalue weighted by atomic mass is 10.1. The molecule has 9 heteroatoms. The minimum absolute atomic E-state index is 0.0570. The zero-order valence-electron chi connectivity index (χ0n) is 15.0. The maximum atomic E-state index is 13.8. The highest BCUT2D eigenvalue weighted by atomic mass is 79.9. The van der Waals surface area contributed by atoms with Crippen molar-refractivity contribution in [1.82, 2.24) is 14.5 Å². The van der Waals surface area contributed by atoms with Crippen LogP contribution in [0.4, 0.5) is 14.6 Å². The molecule has 0 bridgehead atoms. The zero-order valence-corrected chi connectivity index (χ0v) is 16.6. The van der Waals surface area contributed by atoms with Crippen LogP contribution in [0.5, 0.6) is 5.75 Å². The summed E-state index contributed by atoms with van der Waals surface area (Å²) >= 11 is 3.46. The second-order valence-electron chi connectivity index (χ2n) is 6.66. The van der Waals surface area contributed by atoms with E-state index >= 15 is 0 Å². The Morgan fingerprint density at radius 3 is 2.61 bits per heavy atom. The standard InChI is InChI=1S/C19H17BrF2N4O2/c1-25-16(27)5-3-14-18(25)24-19(17(20)23-14)26-8-6-12(7-9-26)28-15-4-2-11(21)10-13(15)22/h2-5,10,12H,6-9H2,1H3. The minimum Gasteiger partial charge on any atom is -0.487 e. The molecular weight excluding hydrogens is 434 g/mol. The molecule has 0 saturated carbocycles. The molecule has 0 unspecified atom stereocenters. The van der Waals surface area contributed by atoms with E-state index in [0.29, 0.717) is 47.5 Å². The van der Waals surface area contributed by atoms with Gasteiger partial charge in [-0.3, -0.25) is 9.36 Å². The van der Waals surface area contributed by atoms with Gasteiger partial charge in [-0.15, -0.1) is 0 Å². The lowest BCUT2D eigenvalue weighted by Gasteiger charge is -2.33. The van der Waals surface area contributed by atoms with Crippen molar-refractivity contribution in [1.29, 1.82) is 0 Å². The van der Waals surface area contributed by atoms with Crippen LogP contribution in [-0.4, -0.2) is 33.7 Å². The third-order valence-corrected chi connectivity index (χ3v) is 5.34. The highest BCUT2D eigenvalue weighted by molar-refractivity contribution is 9.10. The fourth-order valence-electron chi connectivity index (χ4n) is 3.27. The van der Waals surface area contributed by atoms with Crippen molar-refractivity contribution in [3.63, 3.8) is 0 Å². The van der Waals surface area contributed by atoms with Crippen LogP contribution in [-0.2, 0) is 7.05 Å². The number of hydrogen-bond acceptors (Lipinski definition) is 5. The van der Waals surface area contributed by atoms with Crippen LogP contribution in [0.3, 0.4) is 0 Å². The van der Waals surface area contributed by atoms with E-state index in [-0.39, 0.29) is 17.4 Å². The summed E-state index contributed by atoms with van der Waals surface area (Å²) in [5, 5.41) is 0. The molecular formula is C19H17BrF2N4O2. The van der Waals surface area contributed by atoms with Gasteiger partial charge in [-0.05, 0) is 34.1 Å². The molecule has 6 nitrogen and oxygen atoms in total. The lowest BCUT2D eigenvalue weighted by molar-refractivity contribution is 0.163. The minimum atomic E-state index is -0.702. The van der Waals surface area contributed by atoms with Gasteiger partial charge < -0.3 is 9.64 Å². The number of piperidine rings is 1. The van der Waals surface area contributed by atoms with Crippen molar-refractivity contribution in [3.05, 3.63) is 56.9 Å². The molecule has 0 spiro atoms. The van der Waals surface area contributed by atoms with Gasteiger partial charge in [0.1, 0.15) is 22.0 Å². The topological polar surface area (TPSA) is 60.2 Å². The summed E-state index contributed by atoms with van der Waals surface area (Å²) in [6.07, 6.45) is 1.13. The summed E-state index contributed by atoms with van der Waals surface area (Å²) in [6.45, 7) is 1.26. The maximum Gasteiger partial charge on any atom is 0.252 e. The van der Waals surface area contributed by atoms with Gasteiger partial charge in [0.2, 0.25) is 0 Å². The normalized spacial score (nSPS) is 15.2. The Labute approximate surface area is 167 Å². The van der Waals surface area contributed by atoms with Gasteiger partial charge in [-0.2, -0.15) is 0 Å². The molecule has 0 atom stereocenters. The van der Waals surface area contributed by atoms with Gasteiger partial charge in [0.25, 0.3) is 5.56 Å². The van der Waals surface area contributed by atoms with E-state index < -0.39 is 11.6 Å². The number of nitrogens with zero attached hydrogens (tertiary/aromatic N) is 4.